The van der Waals surface area contributed by atoms with E-state index in [1.54, 1.807) is 0 Å². The highest BCUT2D eigenvalue weighted by atomic mass is 16.5. The van der Waals surface area contributed by atoms with Gasteiger partial charge in [0, 0.05) is 37.7 Å². The Morgan fingerprint density at radius 2 is 2.29 bits per heavy atom. The molecule has 1 aromatic rings. The van der Waals surface area contributed by atoms with Crippen molar-refractivity contribution in [2.24, 2.45) is 0 Å². The van der Waals surface area contributed by atoms with Crippen LogP contribution in [-0.2, 0) is 11.3 Å². The van der Waals surface area contributed by atoms with E-state index in [4.69, 9.17) is 11.2 Å². The van der Waals surface area contributed by atoms with Gasteiger partial charge in [0.1, 0.15) is 12.4 Å². The fraction of sp³-hybridized carbons (Fsp3) is 0.471. The van der Waals surface area contributed by atoms with Crippen LogP contribution >= 0.6 is 0 Å². The molecule has 4 heteroatoms. The molecule has 1 aromatic carbocycles. The van der Waals surface area contributed by atoms with Crippen LogP contribution < -0.4 is 10.1 Å². The lowest BCUT2D eigenvalue weighted by molar-refractivity contribution is -0.127. The lowest BCUT2D eigenvalue weighted by Crippen LogP contribution is -2.39. The predicted octanol–water partition coefficient (Wildman–Crippen LogP) is 1.80. The smallest absolute Gasteiger partial charge is 0.222 e. The first kappa shape index (κ1) is 15.4. The van der Waals surface area contributed by atoms with Gasteiger partial charge in [0.25, 0.3) is 0 Å². The largest absolute Gasteiger partial charge is 0.481 e. The van der Waals surface area contributed by atoms with Gasteiger partial charge in [0.05, 0.1) is 0 Å². The van der Waals surface area contributed by atoms with Gasteiger partial charge in [-0.25, -0.2) is 0 Å². The summed E-state index contributed by atoms with van der Waals surface area (Å²) in [6, 6.07) is 8.10. The summed E-state index contributed by atoms with van der Waals surface area (Å²) in [5.41, 5.74) is 1.08. The Balaban J connectivity index is 1.84. The standard InChI is InChI=1S/C17H22N2O2/c1-3-11-21-16-8-5-4-7-15(16)12-18-14(2)13-19-10-6-9-17(19)20/h1,4-5,7-8,14,18H,6,9-13H2,2H3. The monoisotopic (exact) mass is 286 g/mol. The number of rotatable bonds is 7. The number of nitrogens with one attached hydrogen (secondary N) is 1. The van der Waals surface area contributed by atoms with Crippen LogP contribution in [-0.4, -0.2) is 36.5 Å². The van der Waals surface area contributed by atoms with Gasteiger partial charge in [0.15, 0.2) is 0 Å². The molecule has 0 saturated carbocycles. The van der Waals surface area contributed by atoms with Gasteiger partial charge < -0.3 is 15.0 Å². The maximum Gasteiger partial charge on any atom is 0.222 e. The third-order valence-corrected chi connectivity index (χ3v) is 3.59. The molecule has 112 valence electrons. The molecule has 2 rings (SSSR count). The van der Waals surface area contributed by atoms with Crippen molar-refractivity contribution in [3.63, 3.8) is 0 Å². The number of hydrogen-bond donors (Lipinski definition) is 1. The highest BCUT2D eigenvalue weighted by Crippen LogP contribution is 2.18. The highest BCUT2D eigenvalue weighted by Gasteiger charge is 2.21. The summed E-state index contributed by atoms with van der Waals surface area (Å²) in [4.78, 5) is 13.5. The van der Waals surface area contributed by atoms with Gasteiger partial charge >= 0.3 is 0 Å². The number of ether oxygens (including phenoxy) is 1. The van der Waals surface area contributed by atoms with Crippen molar-refractivity contribution in [3.8, 4) is 18.1 Å². The Morgan fingerprint density at radius 3 is 3.00 bits per heavy atom. The SMILES string of the molecule is C#CCOc1ccccc1CNC(C)CN1CCCC1=O. The average Bonchev–Trinajstić information content (AvgIpc) is 2.89. The quantitative estimate of drug-likeness (QED) is 0.777. The summed E-state index contributed by atoms with van der Waals surface area (Å²) in [7, 11) is 0. The minimum absolute atomic E-state index is 0.243. The zero-order valence-electron chi connectivity index (χ0n) is 12.5. The minimum atomic E-state index is 0.243. The van der Waals surface area contributed by atoms with E-state index in [2.05, 4.69) is 18.2 Å². The van der Waals surface area contributed by atoms with E-state index in [1.165, 1.54) is 0 Å². The van der Waals surface area contributed by atoms with Crippen LogP contribution in [0.2, 0.25) is 0 Å². The van der Waals surface area contributed by atoms with Gasteiger partial charge in [-0.05, 0) is 19.4 Å². The molecule has 1 atom stereocenters. The molecule has 1 aliphatic heterocycles. The molecule has 0 aromatic heterocycles. The van der Waals surface area contributed by atoms with Crippen LogP contribution in [0.3, 0.4) is 0 Å². The second kappa shape index (κ2) is 7.70. The van der Waals surface area contributed by atoms with Crippen molar-refractivity contribution in [2.45, 2.75) is 32.4 Å². The van der Waals surface area contributed by atoms with Gasteiger partial charge in [-0.15, -0.1) is 6.42 Å². The number of terminal acetylenes is 1. The molecular formula is C17H22N2O2. The molecule has 0 aliphatic carbocycles. The first-order valence-electron chi connectivity index (χ1n) is 7.36. The van der Waals surface area contributed by atoms with Crippen LogP contribution in [0.15, 0.2) is 24.3 Å². The van der Waals surface area contributed by atoms with Crippen LogP contribution in [0.5, 0.6) is 5.75 Å². The average molecular weight is 286 g/mol. The topological polar surface area (TPSA) is 41.6 Å². The van der Waals surface area contributed by atoms with Crippen molar-refractivity contribution in [1.29, 1.82) is 0 Å². The van der Waals surface area contributed by atoms with E-state index < -0.39 is 0 Å². The number of amides is 1. The Hall–Kier alpha value is -1.99. The molecule has 0 bridgehead atoms. The highest BCUT2D eigenvalue weighted by molar-refractivity contribution is 5.78. The summed E-state index contributed by atoms with van der Waals surface area (Å²) < 4.78 is 5.53. The molecule has 1 aliphatic rings. The number of para-hydroxylation sites is 1. The minimum Gasteiger partial charge on any atom is -0.481 e. The van der Waals surface area contributed by atoms with Crippen molar-refractivity contribution in [2.75, 3.05) is 19.7 Å². The third-order valence-electron chi connectivity index (χ3n) is 3.59. The van der Waals surface area contributed by atoms with E-state index in [9.17, 15) is 4.79 Å². The Kier molecular flexibility index (Phi) is 5.65. The number of hydrogen-bond acceptors (Lipinski definition) is 3. The fourth-order valence-electron chi connectivity index (χ4n) is 2.49. The van der Waals surface area contributed by atoms with Crippen LogP contribution in [0.4, 0.5) is 0 Å². The van der Waals surface area contributed by atoms with Crippen molar-refractivity contribution in [3.05, 3.63) is 29.8 Å². The Morgan fingerprint density at radius 1 is 1.48 bits per heavy atom. The van der Waals surface area contributed by atoms with Crippen molar-refractivity contribution < 1.29 is 9.53 Å². The summed E-state index contributed by atoms with van der Waals surface area (Å²) in [6.07, 6.45) is 6.90. The van der Waals surface area contributed by atoms with E-state index in [1.807, 2.05) is 29.2 Å². The van der Waals surface area contributed by atoms with Crippen molar-refractivity contribution >= 4 is 5.91 Å². The van der Waals surface area contributed by atoms with E-state index >= 15 is 0 Å². The maximum atomic E-state index is 11.6. The molecule has 1 fully saturated rings. The molecule has 1 saturated heterocycles. The fourth-order valence-corrected chi connectivity index (χ4v) is 2.49. The molecule has 0 radical (unpaired) electrons. The predicted molar refractivity (Wildman–Crippen MR) is 82.9 cm³/mol. The van der Waals surface area contributed by atoms with Crippen LogP contribution in [0.25, 0.3) is 0 Å². The Bertz CT molecular complexity index is 522. The zero-order valence-corrected chi connectivity index (χ0v) is 12.5. The number of benzene rings is 1. The number of nitrogens with zero attached hydrogens (tertiary/aromatic N) is 1. The summed E-state index contributed by atoms with van der Waals surface area (Å²) in [5, 5.41) is 3.44. The lowest BCUT2D eigenvalue weighted by Gasteiger charge is -2.22. The first-order valence-corrected chi connectivity index (χ1v) is 7.36. The molecule has 1 amide bonds. The van der Waals surface area contributed by atoms with Gasteiger partial charge in [0.2, 0.25) is 5.91 Å². The number of likely N-dealkylation sites (tertiary alicyclic amines) is 1. The van der Waals surface area contributed by atoms with Crippen molar-refractivity contribution in [1.82, 2.24) is 10.2 Å². The van der Waals surface area contributed by atoms with E-state index in [0.29, 0.717) is 13.0 Å². The first-order chi connectivity index (χ1) is 10.2. The second-order valence-electron chi connectivity index (χ2n) is 5.33. The van der Waals surface area contributed by atoms with E-state index in [-0.39, 0.29) is 18.6 Å². The van der Waals surface area contributed by atoms with Gasteiger partial charge in [-0.1, -0.05) is 24.1 Å². The molecule has 1 N–H and O–H groups in total. The summed E-state index contributed by atoms with van der Waals surface area (Å²) in [6.45, 7) is 4.70. The molecular weight excluding hydrogens is 264 g/mol. The van der Waals surface area contributed by atoms with Crippen LogP contribution in [0.1, 0.15) is 25.3 Å². The summed E-state index contributed by atoms with van der Waals surface area (Å²) in [5.74, 6) is 3.55. The summed E-state index contributed by atoms with van der Waals surface area (Å²) >= 11 is 0. The Labute approximate surface area is 126 Å². The molecule has 21 heavy (non-hydrogen) atoms. The lowest BCUT2D eigenvalue weighted by atomic mass is 10.2. The van der Waals surface area contributed by atoms with Gasteiger partial charge in [-0.2, -0.15) is 0 Å². The second-order valence-corrected chi connectivity index (χ2v) is 5.33. The third kappa shape index (κ3) is 4.51. The van der Waals surface area contributed by atoms with E-state index in [0.717, 1.165) is 30.8 Å². The van der Waals surface area contributed by atoms with Crippen LogP contribution in [0, 0.1) is 12.3 Å². The molecule has 1 heterocycles. The molecule has 0 spiro atoms. The maximum absolute atomic E-state index is 11.6. The normalized spacial score (nSPS) is 15.8. The number of carbonyl (C=O) groups excluding carboxylic acids is 1. The molecule has 4 nitrogen and oxygen atoms in total. The zero-order chi connectivity index (χ0) is 15.1. The van der Waals surface area contributed by atoms with Gasteiger partial charge in [-0.3, -0.25) is 4.79 Å². The molecule has 1 unspecified atom stereocenters. The number of carbonyl (C=O) groups is 1.